The molecule has 2 aromatic carbocycles. The average Bonchev–Trinajstić information content (AvgIpc) is 2.88. The van der Waals surface area contributed by atoms with Gasteiger partial charge in [-0.3, -0.25) is 9.59 Å². The van der Waals surface area contributed by atoms with Gasteiger partial charge in [0, 0.05) is 37.8 Å². The second-order valence-corrected chi connectivity index (χ2v) is 8.64. The molecular weight excluding hydrogens is 406 g/mol. The van der Waals surface area contributed by atoms with Gasteiger partial charge in [-0.15, -0.1) is 4.58 Å². The molecule has 0 radical (unpaired) electrons. The lowest BCUT2D eigenvalue weighted by Gasteiger charge is -2.34. The number of carboxylic acid groups (broad SMARTS) is 1. The number of benzene rings is 2. The van der Waals surface area contributed by atoms with Crippen molar-refractivity contribution in [2.24, 2.45) is 5.73 Å². The Bertz CT molecular complexity index is 1120. The normalized spacial score (nSPS) is 17.9. The molecule has 0 aromatic heterocycles. The largest absolute Gasteiger partial charge is 0.480 e. The van der Waals surface area contributed by atoms with Crippen LogP contribution in [0, 0.1) is 0 Å². The molecule has 3 N–H and O–H groups in total. The van der Waals surface area contributed by atoms with Crippen LogP contribution in [0.25, 0.3) is 0 Å². The summed E-state index contributed by atoms with van der Waals surface area (Å²) in [6.45, 7) is 4.11. The van der Waals surface area contributed by atoms with Gasteiger partial charge in [0.05, 0.1) is 0 Å². The van der Waals surface area contributed by atoms with Crippen molar-refractivity contribution in [1.82, 2.24) is 4.90 Å². The molecule has 0 heterocycles. The number of hydrogen-bond donors (Lipinski definition) is 2. The highest BCUT2D eigenvalue weighted by molar-refractivity contribution is 5.95. The number of carbonyl (C=O) groups excluding carboxylic acids is 2. The van der Waals surface area contributed by atoms with E-state index in [0.717, 1.165) is 11.1 Å². The molecule has 1 unspecified atom stereocenters. The number of nitrogens with zero attached hydrogens (tertiary/aromatic N) is 2. The van der Waals surface area contributed by atoms with E-state index in [9.17, 15) is 19.5 Å². The summed E-state index contributed by atoms with van der Waals surface area (Å²) in [5, 5.41) is 10.6. The fraction of sp³-hybridized carbons (Fsp3) is 0.400. The highest BCUT2D eigenvalue weighted by Crippen LogP contribution is 2.44. The zero-order valence-electron chi connectivity index (χ0n) is 19.0. The molecule has 1 aliphatic carbocycles. The lowest BCUT2D eigenvalue weighted by Crippen LogP contribution is -2.42. The molecule has 0 spiro atoms. The zero-order chi connectivity index (χ0) is 23.6. The van der Waals surface area contributed by atoms with Crippen LogP contribution in [-0.2, 0) is 27.8 Å². The van der Waals surface area contributed by atoms with Gasteiger partial charge in [-0.1, -0.05) is 12.1 Å². The number of rotatable bonds is 6. The first-order valence-electron chi connectivity index (χ1n) is 10.8. The minimum absolute atomic E-state index is 0.134. The lowest BCUT2D eigenvalue weighted by molar-refractivity contribution is -0.433. The number of carboxylic acids is 1. The molecule has 2 aromatic rings. The predicted molar refractivity (Wildman–Crippen MR) is 121 cm³/mol. The van der Waals surface area contributed by atoms with Gasteiger partial charge in [0.2, 0.25) is 5.69 Å². The van der Waals surface area contributed by atoms with E-state index in [0.29, 0.717) is 41.8 Å². The monoisotopic (exact) mass is 436 g/mol. The standard InChI is InChI=1S/C25H29N3O4/c1-5-28(15-29)20-9-11-22-18(13-20)7-6-17-12-19(23(30)27(3)4)8-10-21(17)25(22,24(31)32)14-16(2)26/h8-13,16H,5-7,14,26H2,1-4H3/p+1/t16-,25?/m1/s1. The molecule has 0 aliphatic heterocycles. The SMILES string of the molecule is CC[N+](=C=O)c1ccc2c(c1)CCc1cc(C(=O)N(C)C)ccc1C2(C[C@@H](C)N)C(=O)O. The predicted octanol–water partition coefficient (Wildman–Crippen LogP) is 2.59. The van der Waals surface area contributed by atoms with Crippen LogP contribution in [-0.4, -0.2) is 59.2 Å². The molecule has 1 amide bonds. The molecular formula is C25H30N3O4+. The fourth-order valence-corrected chi connectivity index (χ4v) is 4.71. The number of nitrogens with two attached hydrogens (primary N) is 1. The maximum atomic E-state index is 12.9. The van der Waals surface area contributed by atoms with E-state index in [2.05, 4.69) is 0 Å². The summed E-state index contributed by atoms with van der Waals surface area (Å²) in [5.41, 5.74) is 9.04. The van der Waals surface area contributed by atoms with Crippen molar-refractivity contribution in [3.8, 4) is 0 Å². The summed E-state index contributed by atoms with van der Waals surface area (Å²) in [5.74, 6) is -1.11. The van der Waals surface area contributed by atoms with Crippen LogP contribution in [0.5, 0.6) is 0 Å². The summed E-state index contributed by atoms with van der Waals surface area (Å²) >= 11 is 0. The Morgan fingerprint density at radius 3 is 2.25 bits per heavy atom. The van der Waals surface area contributed by atoms with Gasteiger partial charge in [-0.2, -0.15) is 4.79 Å². The lowest BCUT2D eigenvalue weighted by atomic mass is 9.68. The molecule has 0 saturated heterocycles. The van der Waals surface area contributed by atoms with E-state index in [4.69, 9.17) is 5.73 Å². The first-order valence-corrected chi connectivity index (χ1v) is 10.8. The topological polar surface area (TPSA) is 104 Å². The number of hydrogen-bond acceptors (Lipinski definition) is 4. The summed E-state index contributed by atoms with van der Waals surface area (Å²) in [6.07, 6.45) is 3.29. The minimum Gasteiger partial charge on any atom is -0.480 e. The summed E-state index contributed by atoms with van der Waals surface area (Å²) in [6, 6.07) is 10.3. The van der Waals surface area contributed by atoms with Crippen molar-refractivity contribution < 1.29 is 24.1 Å². The van der Waals surface area contributed by atoms with Gasteiger partial charge >= 0.3 is 12.0 Å². The van der Waals surface area contributed by atoms with Crippen LogP contribution in [0.3, 0.4) is 0 Å². The zero-order valence-corrected chi connectivity index (χ0v) is 19.0. The van der Waals surface area contributed by atoms with Gasteiger partial charge in [-0.05, 0) is 67.5 Å². The Labute approximate surface area is 188 Å². The number of carbonyl (C=O) groups is 2. The number of aryl methyl sites for hydroxylation is 2. The van der Waals surface area contributed by atoms with Gasteiger partial charge < -0.3 is 15.7 Å². The summed E-state index contributed by atoms with van der Waals surface area (Å²) in [4.78, 5) is 38.3. The van der Waals surface area contributed by atoms with Crippen LogP contribution in [0.2, 0.25) is 0 Å². The molecule has 3 rings (SSSR count). The molecule has 1 aliphatic rings. The Morgan fingerprint density at radius 1 is 1.16 bits per heavy atom. The second-order valence-electron chi connectivity index (χ2n) is 8.64. The summed E-state index contributed by atoms with van der Waals surface area (Å²) in [7, 11) is 3.37. The Balaban J connectivity index is 2.30. The molecule has 2 atom stereocenters. The third kappa shape index (κ3) is 3.97. The van der Waals surface area contributed by atoms with E-state index >= 15 is 0 Å². The maximum absolute atomic E-state index is 12.9. The van der Waals surface area contributed by atoms with E-state index in [1.165, 1.54) is 9.48 Å². The van der Waals surface area contributed by atoms with Crippen molar-refractivity contribution in [2.75, 3.05) is 20.6 Å². The molecule has 7 nitrogen and oxygen atoms in total. The first kappa shape index (κ1) is 23.4. The number of isocyanates is 1. The molecule has 32 heavy (non-hydrogen) atoms. The van der Waals surface area contributed by atoms with E-state index in [-0.39, 0.29) is 18.4 Å². The van der Waals surface area contributed by atoms with E-state index in [1.54, 1.807) is 51.4 Å². The van der Waals surface area contributed by atoms with Crippen LogP contribution in [0.15, 0.2) is 36.4 Å². The molecule has 0 saturated carbocycles. The maximum Gasteiger partial charge on any atom is 0.430 e. The highest BCUT2D eigenvalue weighted by atomic mass is 16.4. The number of amides is 1. The molecule has 7 heteroatoms. The Kier molecular flexibility index (Phi) is 6.63. The first-order chi connectivity index (χ1) is 15.1. The molecule has 168 valence electrons. The molecule has 0 fully saturated rings. The van der Waals surface area contributed by atoms with Crippen LogP contribution < -0.4 is 5.73 Å². The van der Waals surface area contributed by atoms with Crippen LogP contribution in [0.1, 0.15) is 52.9 Å². The minimum atomic E-state index is -1.35. The van der Waals surface area contributed by atoms with Crippen molar-refractivity contribution in [1.29, 1.82) is 0 Å². The molecule has 0 bridgehead atoms. The third-order valence-electron chi connectivity index (χ3n) is 6.16. The van der Waals surface area contributed by atoms with Crippen molar-refractivity contribution >= 4 is 23.6 Å². The Morgan fingerprint density at radius 2 is 1.75 bits per heavy atom. The third-order valence-corrected chi connectivity index (χ3v) is 6.16. The van der Waals surface area contributed by atoms with Gasteiger partial charge in [0.1, 0.15) is 5.41 Å². The van der Waals surface area contributed by atoms with Crippen LogP contribution >= 0.6 is 0 Å². The average molecular weight is 437 g/mol. The van der Waals surface area contributed by atoms with Crippen LogP contribution in [0.4, 0.5) is 5.69 Å². The van der Waals surface area contributed by atoms with E-state index in [1.807, 2.05) is 19.1 Å². The fourth-order valence-electron chi connectivity index (χ4n) is 4.71. The van der Waals surface area contributed by atoms with E-state index < -0.39 is 11.4 Å². The van der Waals surface area contributed by atoms with Crippen molar-refractivity contribution in [2.45, 2.75) is 44.6 Å². The smallest absolute Gasteiger partial charge is 0.430 e. The van der Waals surface area contributed by atoms with Gasteiger partial charge in [-0.25, -0.2) is 0 Å². The number of fused-ring (bicyclic) bond motifs is 2. The van der Waals surface area contributed by atoms with Gasteiger partial charge in [0.15, 0.2) is 6.54 Å². The highest BCUT2D eigenvalue weighted by Gasteiger charge is 2.47. The second kappa shape index (κ2) is 9.07. The quantitative estimate of drug-likeness (QED) is 0.412. The summed E-state index contributed by atoms with van der Waals surface area (Å²) < 4.78 is 1.46. The Hall–Kier alpha value is -3.28. The van der Waals surface area contributed by atoms with Crippen molar-refractivity contribution in [3.63, 3.8) is 0 Å². The van der Waals surface area contributed by atoms with Gasteiger partial charge in [0.25, 0.3) is 5.91 Å². The number of aliphatic carboxylic acids is 1. The van der Waals surface area contributed by atoms with Crippen molar-refractivity contribution in [3.05, 3.63) is 64.2 Å².